The van der Waals surface area contributed by atoms with Crippen LogP contribution in [0.1, 0.15) is 39.2 Å². The van der Waals surface area contributed by atoms with Gasteiger partial charge in [-0.25, -0.2) is 4.39 Å². The van der Waals surface area contributed by atoms with Gasteiger partial charge >= 0.3 is 0 Å². The van der Waals surface area contributed by atoms with Gasteiger partial charge in [0, 0.05) is 17.6 Å². The minimum Gasteiger partial charge on any atom is -0.505 e. The molecule has 2 N–H and O–H groups in total. The Morgan fingerprint density at radius 2 is 2.06 bits per heavy atom. The molecule has 0 amide bonds. The molecular formula is C13H20FNO. The van der Waals surface area contributed by atoms with Gasteiger partial charge in [-0.2, -0.15) is 0 Å². The molecule has 0 saturated carbocycles. The van der Waals surface area contributed by atoms with E-state index in [0.717, 1.165) is 12.8 Å². The number of benzene rings is 1. The van der Waals surface area contributed by atoms with Crippen molar-refractivity contribution in [3.63, 3.8) is 0 Å². The molecule has 0 unspecified atom stereocenters. The van der Waals surface area contributed by atoms with Crippen LogP contribution in [-0.4, -0.2) is 10.6 Å². The van der Waals surface area contributed by atoms with Gasteiger partial charge in [-0.3, -0.25) is 0 Å². The largest absolute Gasteiger partial charge is 0.505 e. The zero-order chi connectivity index (χ0) is 12.2. The molecule has 0 saturated heterocycles. The van der Waals surface area contributed by atoms with Gasteiger partial charge in [0.2, 0.25) is 0 Å². The lowest BCUT2D eigenvalue weighted by Gasteiger charge is -2.26. The van der Waals surface area contributed by atoms with Crippen LogP contribution in [0.15, 0.2) is 18.2 Å². The molecule has 0 atom stereocenters. The van der Waals surface area contributed by atoms with Crippen molar-refractivity contribution in [2.75, 3.05) is 0 Å². The van der Waals surface area contributed by atoms with Crippen molar-refractivity contribution >= 4 is 0 Å². The summed E-state index contributed by atoms with van der Waals surface area (Å²) in [6.45, 7) is 6.82. The molecule has 16 heavy (non-hydrogen) atoms. The Hall–Kier alpha value is -1.09. The van der Waals surface area contributed by atoms with Gasteiger partial charge in [-0.05, 0) is 26.3 Å². The number of hydrogen-bond donors (Lipinski definition) is 2. The van der Waals surface area contributed by atoms with E-state index in [1.165, 1.54) is 6.07 Å². The van der Waals surface area contributed by atoms with E-state index in [-0.39, 0.29) is 11.3 Å². The number of phenols is 1. The fourth-order valence-corrected chi connectivity index (χ4v) is 1.75. The number of phenolic OH excluding ortho intramolecular Hbond substituents is 1. The molecule has 0 aliphatic carbocycles. The SMILES string of the molecule is CCCC(C)(C)NCc1cccc(F)c1O. The summed E-state index contributed by atoms with van der Waals surface area (Å²) in [6.07, 6.45) is 2.14. The van der Waals surface area contributed by atoms with Crippen LogP contribution in [0.25, 0.3) is 0 Å². The lowest BCUT2D eigenvalue weighted by Crippen LogP contribution is -2.38. The molecule has 0 spiro atoms. The second-order valence-corrected chi connectivity index (χ2v) is 4.74. The molecular weight excluding hydrogens is 205 g/mol. The first kappa shape index (κ1) is 13.0. The standard InChI is InChI=1S/C13H20FNO/c1-4-8-13(2,3)15-9-10-6-5-7-11(14)12(10)16/h5-7,15-16H,4,8-9H2,1-3H3. The Morgan fingerprint density at radius 3 is 2.69 bits per heavy atom. The van der Waals surface area contributed by atoms with E-state index in [9.17, 15) is 9.50 Å². The Labute approximate surface area is 96.5 Å². The minimum absolute atomic E-state index is 0.00745. The van der Waals surface area contributed by atoms with Crippen LogP contribution in [0.2, 0.25) is 0 Å². The second kappa shape index (κ2) is 5.30. The first-order valence-corrected chi connectivity index (χ1v) is 5.67. The fraction of sp³-hybridized carbons (Fsp3) is 0.538. The summed E-state index contributed by atoms with van der Waals surface area (Å²) in [6, 6.07) is 4.60. The fourth-order valence-electron chi connectivity index (χ4n) is 1.75. The highest BCUT2D eigenvalue weighted by Gasteiger charge is 2.16. The van der Waals surface area contributed by atoms with Gasteiger partial charge in [0.05, 0.1) is 0 Å². The average molecular weight is 225 g/mol. The highest BCUT2D eigenvalue weighted by atomic mass is 19.1. The average Bonchev–Trinajstić information content (AvgIpc) is 2.20. The Bertz CT molecular complexity index is 350. The van der Waals surface area contributed by atoms with Crippen molar-refractivity contribution in [3.8, 4) is 5.75 Å². The highest BCUT2D eigenvalue weighted by Crippen LogP contribution is 2.21. The zero-order valence-electron chi connectivity index (χ0n) is 10.2. The van der Waals surface area contributed by atoms with E-state index in [1.807, 2.05) is 0 Å². The monoisotopic (exact) mass is 225 g/mol. The van der Waals surface area contributed by atoms with Crippen molar-refractivity contribution < 1.29 is 9.50 Å². The lowest BCUT2D eigenvalue weighted by molar-refractivity contribution is 0.350. The van der Waals surface area contributed by atoms with Gasteiger partial charge in [0.15, 0.2) is 11.6 Å². The Balaban J connectivity index is 2.64. The molecule has 1 rings (SSSR count). The number of para-hydroxylation sites is 1. The molecule has 90 valence electrons. The van der Waals surface area contributed by atoms with Crippen molar-refractivity contribution in [2.24, 2.45) is 0 Å². The minimum atomic E-state index is -0.562. The maximum Gasteiger partial charge on any atom is 0.165 e. The number of rotatable bonds is 5. The molecule has 0 fully saturated rings. The first-order valence-electron chi connectivity index (χ1n) is 5.67. The molecule has 0 aromatic heterocycles. The van der Waals surface area contributed by atoms with Gasteiger partial charge in [0.1, 0.15) is 0 Å². The van der Waals surface area contributed by atoms with Gasteiger partial charge < -0.3 is 10.4 Å². The molecule has 3 heteroatoms. The molecule has 0 aliphatic rings. The smallest absolute Gasteiger partial charge is 0.165 e. The van der Waals surface area contributed by atoms with Gasteiger partial charge in [0.25, 0.3) is 0 Å². The van der Waals surface area contributed by atoms with Crippen molar-refractivity contribution in [3.05, 3.63) is 29.6 Å². The van der Waals surface area contributed by atoms with Crippen LogP contribution >= 0.6 is 0 Å². The molecule has 0 heterocycles. The normalized spacial score (nSPS) is 11.8. The molecule has 0 aliphatic heterocycles. The van der Waals surface area contributed by atoms with Crippen LogP contribution in [0.3, 0.4) is 0 Å². The molecule has 1 aromatic carbocycles. The third-order valence-corrected chi connectivity index (χ3v) is 2.70. The van der Waals surface area contributed by atoms with E-state index in [4.69, 9.17) is 0 Å². The highest BCUT2D eigenvalue weighted by molar-refractivity contribution is 5.33. The van der Waals surface area contributed by atoms with Crippen LogP contribution in [0.4, 0.5) is 4.39 Å². The summed E-state index contributed by atoms with van der Waals surface area (Å²) >= 11 is 0. The van der Waals surface area contributed by atoms with Crippen molar-refractivity contribution in [1.82, 2.24) is 5.32 Å². The molecule has 2 nitrogen and oxygen atoms in total. The van der Waals surface area contributed by atoms with Crippen LogP contribution in [-0.2, 0) is 6.54 Å². The van der Waals surface area contributed by atoms with E-state index >= 15 is 0 Å². The Kier molecular flexibility index (Phi) is 4.30. The third kappa shape index (κ3) is 3.49. The van der Waals surface area contributed by atoms with E-state index < -0.39 is 5.82 Å². The van der Waals surface area contributed by atoms with Crippen LogP contribution in [0, 0.1) is 5.82 Å². The van der Waals surface area contributed by atoms with Gasteiger partial charge in [-0.1, -0.05) is 25.5 Å². The van der Waals surface area contributed by atoms with Crippen molar-refractivity contribution in [2.45, 2.75) is 45.7 Å². The number of hydrogen-bond acceptors (Lipinski definition) is 2. The first-order chi connectivity index (χ1) is 7.46. The Morgan fingerprint density at radius 1 is 1.38 bits per heavy atom. The maximum atomic E-state index is 13.1. The quantitative estimate of drug-likeness (QED) is 0.806. The molecule has 0 radical (unpaired) electrons. The number of halogens is 1. The summed E-state index contributed by atoms with van der Waals surface area (Å²) < 4.78 is 13.1. The third-order valence-electron chi connectivity index (χ3n) is 2.70. The maximum absolute atomic E-state index is 13.1. The summed E-state index contributed by atoms with van der Waals surface area (Å²) in [7, 11) is 0. The zero-order valence-corrected chi connectivity index (χ0v) is 10.2. The predicted molar refractivity (Wildman–Crippen MR) is 63.9 cm³/mol. The summed E-state index contributed by atoms with van der Waals surface area (Å²) in [5, 5.41) is 12.8. The van der Waals surface area contributed by atoms with E-state index in [2.05, 4.69) is 26.1 Å². The van der Waals surface area contributed by atoms with Crippen LogP contribution < -0.4 is 5.32 Å². The van der Waals surface area contributed by atoms with E-state index in [1.54, 1.807) is 12.1 Å². The number of nitrogens with one attached hydrogen (secondary N) is 1. The number of aromatic hydroxyl groups is 1. The predicted octanol–water partition coefficient (Wildman–Crippen LogP) is 3.20. The topological polar surface area (TPSA) is 32.3 Å². The lowest BCUT2D eigenvalue weighted by atomic mass is 9.98. The molecule has 0 bridgehead atoms. The van der Waals surface area contributed by atoms with Crippen LogP contribution in [0.5, 0.6) is 5.75 Å². The van der Waals surface area contributed by atoms with Crippen molar-refractivity contribution in [1.29, 1.82) is 0 Å². The molecule has 1 aromatic rings. The second-order valence-electron chi connectivity index (χ2n) is 4.74. The van der Waals surface area contributed by atoms with E-state index in [0.29, 0.717) is 12.1 Å². The van der Waals surface area contributed by atoms with Gasteiger partial charge in [-0.15, -0.1) is 0 Å². The summed E-state index contributed by atoms with van der Waals surface area (Å²) in [5.74, 6) is -0.810. The summed E-state index contributed by atoms with van der Waals surface area (Å²) in [5.41, 5.74) is 0.609. The summed E-state index contributed by atoms with van der Waals surface area (Å²) in [4.78, 5) is 0.